The van der Waals surface area contributed by atoms with E-state index in [1.165, 1.54) is 0 Å². The minimum Gasteiger partial charge on any atom is -0.379 e. The fourth-order valence-electron chi connectivity index (χ4n) is 2.57. The second kappa shape index (κ2) is 13.1. The average Bonchev–Trinajstić information content (AvgIpc) is 2.89. The molecular formula is C18H36O5. The number of ether oxygens (including phenoxy) is 5. The van der Waals surface area contributed by atoms with Crippen molar-refractivity contribution < 1.29 is 23.7 Å². The summed E-state index contributed by atoms with van der Waals surface area (Å²) in [5.74, 6) is 0. The van der Waals surface area contributed by atoms with Crippen LogP contribution in [0.4, 0.5) is 0 Å². The highest BCUT2D eigenvalue weighted by molar-refractivity contribution is 4.89. The quantitative estimate of drug-likeness (QED) is 0.455. The van der Waals surface area contributed by atoms with E-state index in [2.05, 4.69) is 20.8 Å². The summed E-state index contributed by atoms with van der Waals surface area (Å²) in [6.45, 7) is 9.20. The maximum Gasteiger partial charge on any atom is 0.186 e. The molecule has 5 heteroatoms. The highest BCUT2D eigenvalue weighted by Gasteiger charge is 2.46. The largest absolute Gasteiger partial charge is 0.379 e. The van der Waals surface area contributed by atoms with E-state index < -0.39 is 0 Å². The monoisotopic (exact) mass is 332 g/mol. The molecule has 5 nitrogen and oxygen atoms in total. The van der Waals surface area contributed by atoms with Gasteiger partial charge >= 0.3 is 0 Å². The van der Waals surface area contributed by atoms with E-state index in [1.54, 1.807) is 7.11 Å². The van der Waals surface area contributed by atoms with E-state index in [1.807, 2.05) is 0 Å². The topological polar surface area (TPSA) is 46.2 Å². The molecule has 1 heterocycles. The van der Waals surface area contributed by atoms with Crippen molar-refractivity contribution >= 4 is 0 Å². The van der Waals surface area contributed by atoms with Gasteiger partial charge in [0, 0.05) is 26.9 Å². The normalized spacial score (nSPS) is 27.7. The third-order valence-electron chi connectivity index (χ3n) is 4.04. The lowest BCUT2D eigenvalue weighted by molar-refractivity contribution is -0.168. The Morgan fingerprint density at radius 1 is 0.783 bits per heavy atom. The van der Waals surface area contributed by atoms with E-state index in [9.17, 15) is 0 Å². The van der Waals surface area contributed by atoms with E-state index in [-0.39, 0.29) is 24.6 Å². The third kappa shape index (κ3) is 7.48. The van der Waals surface area contributed by atoms with Gasteiger partial charge in [0.25, 0.3) is 0 Å². The molecule has 4 atom stereocenters. The maximum atomic E-state index is 6.08. The van der Waals surface area contributed by atoms with Crippen LogP contribution in [0.25, 0.3) is 0 Å². The molecule has 1 rings (SSSR count). The molecule has 1 fully saturated rings. The van der Waals surface area contributed by atoms with Gasteiger partial charge in [-0.2, -0.15) is 0 Å². The number of hydrogen-bond donors (Lipinski definition) is 0. The van der Waals surface area contributed by atoms with Crippen LogP contribution in [-0.4, -0.2) is 58.1 Å². The van der Waals surface area contributed by atoms with Crippen molar-refractivity contribution in [2.45, 2.75) is 83.9 Å². The molecule has 1 saturated heterocycles. The van der Waals surface area contributed by atoms with E-state index in [0.29, 0.717) is 13.2 Å². The molecule has 0 aliphatic carbocycles. The Kier molecular flexibility index (Phi) is 11.9. The summed E-state index contributed by atoms with van der Waals surface area (Å²) in [4.78, 5) is 0. The first-order chi connectivity index (χ1) is 11.3. The standard InChI is InChI=1S/C18H36O5/c1-5-8-11-20-14-15-16(21-12-9-6-2)17(18(19-4)23-15)22-13-10-7-3/h15-18H,5-14H2,1-4H3/t15-,16-,17+,18?/m1/s1. The summed E-state index contributed by atoms with van der Waals surface area (Å²) in [5.41, 5.74) is 0. The van der Waals surface area contributed by atoms with Crippen LogP contribution >= 0.6 is 0 Å². The molecule has 0 N–H and O–H groups in total. The second-order valence-electron chi connectivity index (χ2n) is 6.09. The first-order valence-corrected chi connectivity index (χ1v) is 9.27. The molecule has 0 bridgehead atoms. The first-order valence-electron chi connectivity index (χ1n) is 9.27. The number of rotatable bonds is 14. The molecule has 0 aromatic rings. The second-order valence-corrected chi connectivity index (χ2v) is 6.09. The molecule has 1 unspecified atom stereocenters. The summed E-state index contributed by atoms with van der Waals surface area (Å²) in [5, 5.41) is 0. The Morgan fingerprint density at radius 2 is 1.35 bits per heavy atom. The smallest absolute Gasteiger partial charge is 0.186 e. The molecule has 23 heavy (non-hydrogen) atoms. The van der Waals surface area contributed by atoms with Gasteiger partial charge < -0.3 is 23.7 Å². The molecule has 0 aromatic heterocycles. The fourth-order valence-corrected chi connectivity index (χ4v) is 2.57. The third-order valence-corrected chi connectivity index (χ3v) is 4.04. The molecule has 0 aromatic carbocycles. The van der Waals surface area contributed by atoms with Crippen LogP contribution in [0.15, 0.2) is 0 Å². The van der Waals surface area contributed by atoms with Crippen molar-refractivity contribution in [3.05, 3.63) is 0 Å². The molecule has 0 saturated carbocycles. The van der Waals surface area contributed by atoms with Crippen LogP contribution in [0.2, 0.25) is 0 Å². The predicted molar refractivity (Wildman–Crippen MR) is 90.7 cm³/mol. The first kappa shape index (κ1) is 20.8. The van der Waals surface area contributed by atoms with Gasteiger partial charge in [0.05, 0.1) is 6.61 Å². The zero-order valence-corrected chi connectivity index (χ0v) is 15.4. The van der Waals surface area contributed by atoms with Crippen molar-refractivity contribution in [3.63, 3.8) is 0 Å². The van der Waals surface area contributed by atoms with Crippen LogP contribution < -0.4 is 0 Å². The summed E-state index contributed by atoms with van der Waals surface area (Å²) in [6.07, 6.45) is 5.69. The molecule has 1 aliphatic rings. The molecule has 1 aliphatic heterocycles. The van der Waals surface area contributed by atoms with Gasteiger partial charge in [0.15, 0.2) is 6.29 Å². The van der Waals surface area contributed by atoms with E-state index >= 15 is 0 Å². The number of methoxy groups -OCH3 is 1. The van der Waals surface area contributed by atoms with E-state index in [0.717, 1.165) is 51.7 Å². The van der Waals surface area contributed by atoms with Gasteiger partial charge in [-0.1, -0.05) is 40.0 Å². The highest BCUT2D eigenvalue weighted by Crippen LogP contribution is 2.28. The van der Waals surface area contributed by atoms with Gasteiger partial charge in [-0.05, 0) is 19.3 Å². The summed E-state index contributed by atoms with van der Waals surface area (Å²) in [7, 11) is 1.66. The Labute approximate surface area is 142 Å². The Hall–Kier alpha value is -0.200. The Bertz CT molecular complexity index is 274. The molecule has 0 amide bonds. The Morgan fingerprint density at radius 3 is 1.91 bits per heavy atom. The summed E-state index contributed by atoms with van der Waals surface area (Å²) in [6, 6.07) is 0. The molecular weight excluding hydrogens is 296 g/mol. The van der Waals surface area contributed by atoms with Crippen LogP contribution in [0.5, 0.6) is 0 Å². The highest BCUT2D eigenvalue weighted by atomic mass is 16.7. The minimum absolute atomic E-state index is 0.120. The lowest BCUT2D eigenvalue weighted by atomic mass is 10.1. The summed E-state index contributed by atoms with van der Waals surface area (Å²) >= 11 is 0. The van der Waals surface area contributed by atoms with Crippen LogP contribution in [0, 0.1) is 0 Å². The molecule has 0 spiro atoms. The van der Waals surface area contributed by atoms with Crippen molar-refractivity contribution in [3.8, 4) is 0 Å². The fraction of sp³-hybridized carbons (Fsp3) is 1.00. The number of unbranched alkanes of at least 4 members (excludes halogenated alkanes) is 3. The minimum atomic E-state index is -0.377. The lowest BCUT2D eigenvalue weighted by Gasteiger charge is -2.24. The van der Waals surface area contributed by atoms with Crippen molar-refractivity contribution in [1.82, 2.24) is 0 Å². The zero-order chi connectivity index (χ0) is 16.9. The molecule has 138 valence electrons. The van der Waals surface area contributed by atoms with E-state index in [4.69, 9.17) is 23.7 Å². The van der Waals surface area contributed by atoms with Crippen LogP contribution in [0.3, 0.4) is 0 Å². The summed E-state index contributed by atoms with van der Waals surface area (Å²) < 4.78 is 29.3. The van der Waals surface area contributed by atoms with Gasteiger partial charge in [-0.15, -0.1) is 0 Å². The van der Waals surface area contributed by atoms with Crippen LogP contribution in [-0.2, 0) is 23.7 Å². The Balaban J connectivity index is 2.57. The van der Waals surface area contributed by atoms with Gasteiger partial charge in [-0.25, -0.2) is 0 Å². The number of hydrogen-bond acceptors (Lipinski definition) is 5. The SMILES string of the molecule is CCCCOC[C@H]1OC(OC)[C@@H](OCCCC)[C@@H]1OCCCC. The van der Waals surface area contributed by atoms with Crippen molar-refractivity contribution in [2.24, 2.45) is 0 Å². The average molecular weight is 332 g/mol. The van der Waals surface area contributed by atoms with Crippen LogP contribution in [0.1, 0.15) is 59.3 Å². The molecule has 0 radical (unpaired) electrons. The maximum absolute atomic E-state index is 6.08. The van der Waals surface area contributed by atoms with Gasteiger partial charge in [0.2, 0.25) is 0 Å². The van der Waals surface area contributed by atoms with Crippen molar-refractivity contribution in [2.75, 3.05) is 33.5 Å². The zero-order valence-electron chi connectivity index (χ0n) is 15.4. The predicted octanol–water partition coefficient (Wildman–Crippen LogP) is 3.55. The van der Waals surface area contributed by atoms with Gasteiger partial charge in [-0.3, -0.25) is 0 Å². The van der Waals surface area contributed by atoms with Crippen molar-refractivity contribution in [1.29, 1.82) is 0 Å². The lowest BCUT2D eigenvalue weighted by Crippen LogP contribution is -2.40. The van der Waals surface area contributed by atoms with Gasteiger partial charge in [0.1, 0.15) is 18.3 Å².